The van der Waals surface area contributed by atoms with Gasteiger partial charge in [0.15, 0.2) is 0 Å². The summed E-state index contributed by atoms with van der Waals surface area (Å²) in [5, 5.41) is 0. The first-order valence-electron chi connectivity index (χ1n) is 7.00. The van der Waals surface area contributed by atoms with Gasteiger partial charge >= 0.3 is 0 Å². The van der Waals surface area contributed by atoms with E-state index >= 15 is 0 Å². The van der Waals surface area contributed by atoms with Crippen LogP contribution in [0.25, 0.3) is 0 Å². The second kappa shape index (κ2) is 10.5. The van der Waals surface area contributed by atoms with Gasteiger partial charge in [-0.1, -0.05) is 47.0 Å². The quantitative estimate of drug-likeness (QED) is 0.522. The topological polar surface area (TPSA) is 3.24 Å². The molecule has 0 saturated heterocycles. The van der Waals surface area contributed by atoms with Gasteiger partial charge in [-0.15, -0.1) is 0 Å². The van der Waals surface area contributed by atoms with E-state index in [1.165, 1.54) is 58.2 Å². The van der Waals surface area contributed by atoms with Crippen molar-refractivity contribution in [3.8, 4) is 0 Å². The van der Waals surface area contributed by atoms with Gasteiger partial charge in [-0.2, -0.15) is 0 Å². The number of nitrogens with zero attached hydrogens (tertiary/aromatic N) is 1. The molecule has 0 aromatic carbocycles. The molecule has 0 saturated carbocycles. The van der Waals surface area contributed by atoms with Gasteiger partial charge in [0.05, 0.1) is 0 Å². The molecule has 0 heterocycles. The Bertz CT molecular complexity index is 117. The summed E-state index contributed by atoms with van der Waals surface area (Å²) < 4.78 is 0. The molecular formula is C14H31N. The van der Waals surface area contributed by atoms with Gasteiger partial charge in [0.25, 0.3) is 0 Å². The van der Waals surface area contributed by atoms with Crippen molar-refractivity contribution in [2.24, 2.45) is 5.92 Å². The zero-order chi connectivity index (χ0) is 11.5. The van der Waals surface area contributed by atoms with E-state index in [1.54, 1.807) is 0 Å². The summed E-state index contributed by atoms with van der Waals surface area (Å²) in [6.45, 7) is 13.1. The first kappa shape index (κ1) is 15.0. The summed E-state index contributed by atoms with van der Waals surface area (Å²) in [6.07, 6.45) is 8.12. The predicted molar refractivity (Wildman–Crippen MR) is 70.3 cm³/mol. The first-order chi connectivity index (χ1) is 7.28. The van der Waals surface area contributed by atoms with Gasteiger partial charge in [0.2, 0.25) is 0 Å². The number of hydrogen-bond donors (Lipinski definition) is 0. The molecular weight excluding hydrogens is 182 g/mol. The van der Waals surface area contributed by atoms with Gasteiger partial charge < -0.3 is 4.90 Å². The van der Waals surface area contributed by atoms with Gasteiger partial charge in [-0.05, 0) is 38.3 Å². The zero-order valence-electron chi connectivity index (χ0n) is 11.4. The minimum absolute atomic E-state index is 0.933. The van der Waals surface area contributed by atoms with E-state index < -0.39 is 0 Å². The van der Waals surface area contributed by atoms with Crippen LogP contribution in [-0.4, -0.2) is 24.5 Å². The summed E-state index contributed by atoms with van der Waals surface area (Å²) >= 11 is 0. The fraction of sp³-hybridized carbons (Fsp3) is 1.00. The Morgan fingerprint density at radius 2 is 1.47 bits per heavy atom. The summed E-state index contributed by atoms with van der Waals surface area (Å²) in [7, 11) is 0. The van der Waals surface area contributed by atoms with E-state index in [0.29, 0.717) is 0 Å². The maximum Gasteiger partial charge on any atom is 0.000955 e. The molecule has 0 spiro atoms. The van der Waals surface area contributed by atoms with Gasteiger partial charge in [0.1, 0.15) is 0 Å². The molecule has 0 aromatic rings. The van der Waals surface area contributed by atoms with E-state index in [-0.39, 0.29) is 0 Å². The summed E-state index contributed by atoms with van der Waals surface area (Å²) in [6, 6.07) is 0. The van der Waals surface area contributed by atoms with E-state index in [9.17, 15) is 0 Å². The van der Waals surface area contributed by atoms with E-state index in [1.807, 2.05) is 0 Å². The van der Waals surface area contributed by atoms with Crippen LogP contribution >= 0.6 is 0 Å². The van der Waals surface area contributed by atoms with Crippen molar-refractivity contribution in [3.05, 3.63) is 0 Å². The Morgan fingerprint density at radius 3 is 1.87 bits per heavy atom. The molecule has 0 radical (unpaired) electrons. The molecule has 15 heavy (non-hydrogen) atoms. The molecule has 1 nitrogen and oxygen atoms in total. The Balaban J connectivity index is 3.85. The molecule has 1 heteroatoms. The predicted octanol–water partition coefficient (Wildman–Crippen LogP) is 4.32. The molecule has 92 valence electrons. The molecule has 0 amide bonds. The average Bonchev–Trinajstić information content (AvgIpc) is 2.24. The highest BCUT2D eigenvalue weighted by Gasteiger charge is 2.10. The molecule has 0 aliphatic carbocycles. The summed E-state index contributed by atoms with van der Waals surface area (Å²) in [4.78, 5) is 2.66. The van der Waals surface area contributed by atoms with Crippen LogP contribution in [0, 0.1) is 5.92 Å². The second-order valence-electron chi connectivity index (χ2n) is 4.72. The lowest BCUT2D eigenvalue weighted by Crippen LogP contribution is -2.31. The Kier molecular flexibility index (Phi) is 10.4. The standard InChI is InChI=1S/C14H31N/c1-5-9-10-14(8-4)13-15(11-6-2)12-7-3/h14H,5-13H2,1-4H3. The third-order valence-electron chi connectivity index (χ3n) is 3.14. The van der Waals surface area contributed by atoms with Crippen LogP contribution in [0.4, 0.5) is 0 Å². The highest BCUT2D eigenvalue weighted by atomic mass is 15.1. The fourth-order valence-corrected chi connectivity index (χ4v) is 2.21. The Labute approximate surface area is 97.2 Å². The lowest BCUT2D eigenvalue weighted by atomic mass is 9.98. The second-order valence-corrected chi connectivity index (χ2v) is 4.72. The van der Waals surface area contributed by atoms with Crippen LogP contribution in [-0.2, 0) is 0 Å². The smallest absolute Gasteiger partial charge is 0.000955 e. The third kappa shape index (κ3) is 7.84. The lowest BCUT2D eigenvalue weighted by molar-refractivity contribution is 0.219. The van der Waals surface area contributed by atoms with E-state index in [2.05, 4.69) is 32.6 Å². The molecule has 1 atom stereocenters. The molecule has 0 bridgehead atoms. The highest BCUT2D eigenvalue weighted by Crippen LogP contribution is 2.14. The first-order valence-corrected chi connectivity index (χ1v) is 7.00. The molecule has 0 rings (SSSR count). The van der Waals surface area contributed by atoms with Crippen molar-refractivity contribution in [2.45, 2.75) is 66.2 Å². The van der Waals surface area contributed by atoms with Crippen LogP contribution in [0.15, 0.2) is 0 Å². The van der Waals surface area contributed by atoms with Crippen LogP contribution in [0.1, 0.15) is 66.2 Å². The number of hydrogen-bond acceptors (Lipinski definition) is 1. The Hall–Kier alpha value is -0.0400. The van der Waals surface area contributed by atoms with Gasteiger partial charge in [-0.25, -0.2) is 0 Å². The normalized spacial score (nSPS) is 13.4. The van der Waals surface area contributed by atoms with E-state index in [0.717, 1.165) is 5.92 Å². The minimum Gasteiger partial charge on any atom is -0.303 e. The van der Waals surface area contributed by atoms with E-state index in [4.69, 9.17) is 0 Å². The SMILES string of the molecule is CCCCC(CC)CN(CCC)CCC. The van der Waals surface area contributed by atoms with Crippen LogP contribution in [0.5, 0.6) is 0 Å². The van der Waals surface area contributed by atoms with Crippen molar-refractivity contribution in [1.29, 1.82) is 0 Å². The maximum absolute atomic E-state index is 2.66. The minimum atomic E-state index is 0.933. The summed E-state index contributed by atoms with van der Waals surface area (Å²) in [5.74, 6) is 0.933. The van der Waals surface area contributed by atoms with Crippen molar-refractivity contribution >= 4 is 0 Å². The van der Waals surface area contributed by atoms with Crippen molar-refractivity contribution in [3.63, 3.8) is 0 Å². The molecule has 0 aliphatic heterocycles. The van der Waals surface area contributed by atoms with Crippen LogP contribution < -0.4 is 0 Å². The molecule has 0 fully saturated rings. The van der Waals surface area contributed by atoms with Crippen molar-refractivity contribution < 1.29 is 0 Å². The third-order valence-corrected chi connectivity index (χ3v) is 3.14. The van der Waals surface area contributed by atoms with Crippen molar-refractivity contribution in [1.82, 2.24) is 4.90 Å². The fourth-order valence-electron chi connectivity index (χ4n) is 2.21. The average molecular weight is 213 g/mol. The molecule has 0 aromatic heterocycles. The van der Waals surface area contributed by atoms with Gasteiger partial charge in [-0.3, -0.25) is 0 Å². The monoisotopic (exact) mass is 213 g/mol. The van der Waals surface area contributed by atoms with Crippen LogP contribution in [0.3, 0.4) is 0 Å². The molecule has 1 unspecified atom stereocenters. The number of rotatable bonds is 10. The summed E-state index contributed by atoms with van der Waals surface area (Å²) in [5.41, 5.74) is 0. The molecule has 0 N–H and O–H groups in total. The largest absolute Gasteiger partial charge is 0.303 e. The zero-order valence-corrected chi connectivity index (χ0v) is 11.4. The Morgan fingerprint density at radius 1 is 0.867 bits per heavy atom. The maximum atomic E-state index is 2.66. The highest BCUT2D eigenvalue weighted by molar-refractivity contribution is 4.65. The lowest BCUT2D eigenvalue weighted by Gasteiger charge is -2.26. The molecule has 0 aliphatic rings. The van der Waals surface area contributed by atoms with Crippen LogP contribution in [0.2, 0.25) is 0 Å². The van der Waals surface area contributed by atoms with Gasteiger partial charge in [0, 0.05) is 6.54 Å². The van der Waals surface area contributed by atoms with Crippen molar-refractivity contribution in [2.75, 3.05) is 19.6 Å². The number of unbranched alkanes of at least 4 members (excludes halogenated alkanes) is 1.